The molecule has 0 unspecified atom stereocenters. The first-order chi connectivity index (χ1) is 13.6. The predicted octanol–water partition coefficient (Wildman–Crippen LogP) is 4.88. The van der Waals surface area contributed by atoms with Crippen LogP contribution in [0.4, 0.5) is 5.13 Å². The molecule has 3 heterocycles. The molecule has 150 valence electrons. The summed E-state index contributed by atoms with van der Waals surface area (Å²) in [4.78, 5) is 13.7. The number of rotatable bonds is 5. The van der Waals surface area contributed by atoms with Crippen LogP contribution in [0.15, 0.2) is 46.3 Å². The Morgan fingerprint density at radius 1 is 1.29 bits per heavy atom. The lowest BCUT2D eigenvalue weighted by molar-refractivity contribution is 0.740. The number of aromatic nitrogens is 2. The van der Waals surface area contributed by atoms with E-state index in [-0.39, 0.29) is 0 Å². The molecule has 0 fully saturated rings. The number of nitrogens with two attached hydrogens (primary N) is 1. The number of hydrogen-bond donors (Lipinski definition) is 3. The van der Waals surface area contributed by atoms with Crippen molar-refractivity contribution < 1.29 is 0 Å². The quantitative estimate of drug-likeness (QED) is 0.605. The van der Waals surface area contributed by atoms with Crippen LogP contribution in [0.5, 0.6) is 0 Å². The Labute approximate surface area is 175 Å². The Morgan fingerprint density at radius 2 is 2.00 bits per heavy atom. The molecule has 1 aliphatic heterocycles. The lowest BCUT2D eigenvalue weighted by Gasteiger charge is -2.13. The summed E-state index contributed by atoms with van der Waals surface area (Å²) < 4.78 is 0. The first kappa shape index (κ1) is 21.8. The Kier molecular flexibility index (Phi) is 8.90. The maximum Gasteiger partial charge on any atom is 0.197 e. The molecule has 2 aromatic rings. The van der Waals surface area contributed by atoms with E-state index in [9.17, 15) is 0 Å². The second-order valence-corrected chi connectivity index (χ2v) is 7.69. The van der Waals surface area contributed by atoms with Gasteiger partial charge in [-0.3, -0.25) is 4.99 Å². The molecule has 0 saturated carbocycles. The van der Waals surface area contributed by atoms with Crippen LogP contribution in [0.25, 0.3) is 17.0 Å². The van der Waals surface area contributed by atoms with Gasteiger partial charge in [-0.15, -0.1) is 22.7 Å². The largest absolute Gasteiger partial charge is 0.398 e. The van der Waals surface area contributed by atoms with Gasteiger partial charge < -0.3 is 16.4 Å². The zero-order valence-corrected chi connectivity index (χ0v) is 18.3. The third-order valence-electron chi connectivity index (χ3n) is 3.53. The monoisotopic (exact) mass is 416 g/mol. The van der Waals surface area contributed by atoms with Crippen molar-refractivity contribution in [2.24, 2.45) is 10.7 Å². The second-order valence-electron chi connectivity index (χ2n) is 5.98. The smallest absolute Gasteiger partial charge is 0.197 e. The highest BCUT2D eigenvalue weighted by molar-refractivity contribution is 7.14. The van der Waals surface area contributed by atoms with Crippen molar-refractivity contribution in [3.63, 3.8) is 0 Å². The van der Waals surface area contributed by atoms with E-state index in [0.717, 1.165) is 52.6 Å². The number of nitrogens with one attached hydrogen (secondary N) is 2. The van der Waals surface area contributed by atoms with E-state index in [1.54, 1.807) is 17.4 Å². The normalized spacial score (nSPS) is 14.5. The van der Waals surface area contributed by atoms with Gasteiger partial charge in [-0.25, -0.2) is 9.97 Å². The van der Waals surface area contributed by atoms with Gasteiger partial charge in [0.05, 0.1) is 0 Å². The fourth-order valence-corrected chi connectivity index (χ4v) is 3.81. The summed E-state index contributed by atoms with van der Waals surface area (Å²) in [5.41, 5.74) is 9.29. The molecule has 8 heteroatoms. The first-order valence-electron chi connectivity index (χ1n) is 9.34. The maximum atomic E-state index is 6.06. The zero-order chi connectivity index (χ0) is 20.4. The third kappa shape index (κ3) is 6.03. The van der Waals surface area contributed by atoms with Crippen molar-refractivity contribution in [1.29, 1.82) is 0 Å². The molecule has 0 radical (unpaired) electrons. The molecule has 0 aliphatic carbocycles. The number of thiazole rings is 2. The molecular weight excluding hydrogens is 388 g/mol. The standard InChI is InChI=1S/C17H20N6S2.C3H8/c1-3-6-11(12(18)4-2)15-21-13(9-24-15)14-10-25-17(22-14)23-16-19-7-5-8-20-16;1-3-2/h3-4,6,9-10H,1,5,7-8,18H2,2H3,(H2,19,20,22,23);3H2,1-2H3/b11-6+,12-4+;. The van der Waals surface area contributed by atoms with E-state index in [1.165, 1.54) is 17.8 Å². The van der Waals surface area contributed by atoms with E-state index in [4.69, 9.17) is 5.73 Å². The van der Waals surface area contributed by atoms with E-state index < -0.39 is 0 Å². The predicted molar refractivity (Wildman–Crippen MR) is 124 cm³/mol. The molecule has 0 atom stereocenters. The van der Waals surface area contributed by atoms with Crippen LogP contribution in [0.3, 0.4) is 0 Å². The minimum Gasteiger partial charge on any atom is -0.398 e. The number of allylic oxidation sites excluding steroid dienone is 4. The molecule has 0 aromatic carbocycles. The molecule has 0 spiro atoms. The van der Waals surface area contributed by atoms with Crippen LogP contribution < -0.4 is 16.4 Å². The van der Waals surface area contributed by atoms with E-state index in [2.05, 4.69) is 46.0 Å². The van der Waals surface area contributed by atoms with Crippen molar-refractivity contribution >= 4 is 39.3 Å². The summed E-state index contributed by atoms with van der Waals surface area (Å²) >= 11 is 3.07. The summed E-state index contributed by atoms with van der Waals surface area (Å²) in [7, 11) is 0. The minimum absolute atomic E-state index is 0.683. The van der Waals surface area contributed by atoms with Crippen molar-refractivity contribution in [3.8, 4) is 11.4 Å². The van der Waals surface area contributed by atoms with Gasteiger partial charge in [0, 0.05) is 35.1 Å². The number of anilines is 1. The van der Waals surface area contributed by atoms with Crippen molar-refractivity contribution in [2.45, 2.75) is 33.6 Å². The third-order valence-corrected chi connectivity index (χ3v) is 5.16. The van der Waals surface area contributed by atoms with Crippen molar-refractivity contribution in [1.82, 2.24) is 15.3 Å². The summed E-state index contributed by atoms with van der Waals surface area (Å²) in [6, 6.07) is 0. The van der Waals surface area contributed by atoms with Gasteiger partial charge in [-0.1, -0.05) is 45.1 Å². The molecule has 4 N–H and O–H groups in total. The molecular formula is C20H28N6S2. The average molecular weight is 417 g/mol. The van der Waals surface area contributed by atoms with Crippen LogP contribution in [-0.4, -0.2) is 29.0 Å². The van der Waals surface area contributed by atoms with Gasteiger partial charge in [-0.2, -0.15) is 0 Å². The van der Waals surface area contributed by atoms with Crippen LogP contribution in [0.1, 0.15) is 38.6 Å². The van der Waals surface area contributed by atoms with Crippen LogP contribution >= 0.6 is 22.7 Å². The van der Waals surface area contributed by atoms with Crippen LogP contribution in [0, 0.1) is 0 Å². The average Bonchev–Trinajstić information content (AvgIpc) is 3.36. The number of guanidine groups is 1. The van der Waals surface area contributed by atoms with Gasteiger partial charge >= 0.3 is 0 Å². The topological polar surface area (TPSA) is 88.2 Å². The van der Waals surface area contributed by atoms with Gasteiger partial charge in [0.2, 0.25) is 0 Å². The lowest BCUT2D eigenvalue weighted by atomic mass is 10.2. The summed E-state index contributed by atoms with van der Waals surface area (Å²) in [6.07, 6.45) is 7.76. The maximum absolute atomic E-state index is 6.06. The fraction of sp³-hybridized carbons (Fsp3) is 0.350. The SMILES string of the molecule is C=C/C=C(\C(N)=C/C)c1nc(-c2csc(NC3=NCCCN3)n2)cs1.CCC. The van der Waals surface area contributed by atoms with Gasteiger partial charge in [0.1, 0.15) is 16.4 Å². The minimum atomic E-state index is 0.683. The summed E-state index contributed by atoms with van der Waals surface area (Å²) in [5, 5.41) is 12.1. The van der Waals surface area contributed by atoms with Crippen LogP contribution in [0.2, 0.25) is 0 Å². The Bertz CT molecular complexity index is 860. The van der Waals surface area contributed by atoms with Crippen molar-refractivity contribution in [2.75, 3.05) is 18.4 Å². The van der Waals surface area contributed by atoms with Gasteiger partial charge in [-0.05, 0) is 13.3 Å². The second kappa shape index (κ2) is 11.4. The van der Waals surface area contributed by atoms with Crippen molar-refractivity contribution in [3.05, 3.63) is 46.3 Å². The molecule has 3 rings (SSSR count). The Hall–Kier alpha value is -2.45. The fourth-order valence-electron chi connectivity index (χ4n) is 2.25. The summed E-state index contributed by atoms with van der Waals surface area (Å²) in [6.45, 7) is 11.7. The lowest BCUT2D eigenvalue weighted by Crippen LogP contribution is -2.35. The Morgan fingerprint density at radius 3 is 2.64 bits per heavy atom. The van der Waals surface area contributed by atoms with Gasteiger partial charge in [0.15, 0.2) is 11.1 Å². The summed E-state index contributed by atoms with van der Waals surface area (Å²) in [5.74, 6) is 0.781. The molecule has 0 amide bonds. The molecule has 28 heavy (non-hydrogen) atoms. The van der Waals surface area contributed by atoms with E-state index in [0.29, 0.717) is 5.70 Å². The highest BCUT2D eigenvalue weighted by Crippen LogP contribution is 2.30. The van der Waals surface area contributed by atoms with Crippen LogP contribution in [-0.2, 0) is 0 Å². The van der Waals surface area contributed by atoms with E-state index >= 15 is 0 Å². The Balaban J connectivity index is 0.000000878. The first-order valence-corrected chi connectivity index (χ1v) is 11.1. The number of nitrogens with zero attached hydrogens (tertiary/aromatic N) is 3. The van der Waals surface area contributed by atoms with E-state index in [1.807, 2.05) is 29.8 Å². The molecule has 1 aliphatic rings. The molecule has 2 aromatic heterocycles. The number of hydrogen-bond acceptors (Lipinski definition) is 8. The van der Waals surface area contributed by atoms with Gasteiger partial charge in [0.25, 0.3) is 0 Å². The zero-order valence-electron chi connectivity index (χ0n) is 16.7. The molecule has 0 saturated heterocycles. The highest BCUT2D eigenvalue weighted by Gasteiger charge is 2.13. The number of aliphatic imine (C=N–C) groups is 1. The highest BCUT2D eigenvalue weighted by atomic mass is 32.1. The molecule has 0 bridgehead atoms. The molecule has 6 nitrogen and oxygen atoms in total.